The molecule has 6 nitrogen and oxygen atoms in total. The molecule has 0 radical (unpaired) electrons. The number of hydrogen-bond donors (Lipinski definition) is 2. The van der Waals surface area contributed by atoms with E-state index in [1.807, 2.05) is 41.8 Å². The van der Waals surface area contributed by atoms with Crippen LogP contribution in [0.1, 0.15) is 16.2 Å². The Morgan fingerprint density at radius 1 is 0.969 bits per heavy atom. The fourth-order valence-corrected chi connectivity index (χ4v) is 3.32. The lowest BCUT2D eigenvalue weighted by Gasteiger charge is -2.09. The molecule has 4 aromatic rings. The summed E-state index contributed by atoms with van der Waals surface area (Å²) in [4.78, 5) is 29.0. The van der Waals surface area contributed by atoms with Crippen molar-refractivity contribution in [1.29, 1.82) is 0 Å². The van der Waals surface area contributed by atoms with Gasteiger partial charge in [-0.1, -0.05) is 18.2 Å². The van der Waals surface area contributed by atoms with Gasteiger partial charge in [0.15, 0.2) is 17.5 Å². The van der Waals surface area contributed by atoms with E-state index in [0.29, 0.717) is 11.6 Å². The SMILES string of the molecule is Cc1nc2cc(C(=O)NCC(=O)Nc3ccc(F)c(F)c3F)ccc2n1-c1ccccc1. The minimum absolute atomic E-state index is 0.280. The third-order valence-corrected chi connectivity index (χ3v) is 4.82. The molecule has 0 atom stereocenters. The summed E-state index contributed by atoms with van der Waals surface area (Å²) in [5.74, 6) is -5.16. The van der Waals surface area contributed by atoms with Gasteiger partial charge in [-0.3, -0.25) is 14.2 Å². The van der Waals surface area contributed by atoms with Crippen LogP contribution in [0.25, 0.3) is 16.7 Å². The molecule has 4 rings (SSSR count). The molecule has 0 aliphatic carbocycles. The minimum atomic E-state index is -1.69. The van der Waals surface area contributed by atoms with Crippen LogP contribution in [0.4, 0.5) is 18.9 Å². The van der Waals surface area contributed by atoms with Crippen LogP contribution in [0, 0.1) is 24.4 Å². The van der Waals surface area contributed by atoms with E-state index in [1.54, 1.807) is 18.2 Å². The molecule has 0 fully saturated rings. The first-order chi connectivity index (χ1) is 15.3. The molecule has 32 heavy (non-hydrogen) atoms. The van der Waals surface area contributed by atoms with Crippen LogP contribution in [0.3, 0.4) is 0 Å². The zero-order valence-corrected chi connectivity index (χ0v) is 16.8. The summed E-state index contributed by atoms with van der Waals surface area (Å²) < 4.78 is 41.9. The highest BCUT2D eigenvalue weighted by atomic mass is 19.2. The number of aromatic nitrogens is 2. The van der Waals surface area contributed by atoms with Crippen LogP contribution in [0.15, 0.2) is 60.7 Å². The number of anilines is 1. The van der Waals surface area contributed by atoms with Gasteiger partial charge in [0.05, 0.1) is 23.3 Å². The molecule has 0 saturated carbocycles. The van der Waals surface area contributed by atoms with Gasteiger partial charge >= 0.3 is 0 Å². The lowest BCUT2D eigenvalue weighted by molar-refractivity contribution is -0.115. The van der Waals surface area contributed by atoms with Gasteiger partial charge in [-0.15, -0.1) is 0 Å². The first kappa shape index (κ1) is 21.1. The predicted octanol–water partition coefficient (Wildman–Crippen LogP) is 4.12. The van der Waals surface area contributed by atoms with E-state index in [9.17, 15) is 22.8 Å². The van der Waals surface area contributed by atoms with Crippen LogP contribution >= 0.6 is 0 Å². The second-order valence-electron chi connectivity index (χ2n) is 6.99. The zero-order valence-electron chi connectivity index (χ0n) is 16.8. The Hall–Kier alpha value is -4.14. The number of carbonyl (C=O) groups excluding carboxylic acids is 2. The van der Waals surface area contributed by atoms with Crippen molar-refractivity contribution < 1.29 is 22.8 Å². The fraction of sp³-hybridized carbons (Fsp3) is 0.0870. The van der Waals surface area contributed by atoms with Crippen molar-refractivity contribution in [3.8, 4) is 5.69 Å². The largest absolute Gasteiger partial charge is 0.343 e. The molecule has 0 aliphatic heterocycles. The highest BCUT2D eigenvalue weighted by molar-refractivity contribution is 6.01. The zero-order chi connectivity index (χ0) is 22.8. The van der Waals surface area contributed by atoms with Crippen LogP contribution in [-0.4, -0.2) is 27.9 Å². The summed E-state index contributed by atoms with van der Waals surface area (Å²) in [5, 5.41) is 4.50. The number of nitrogens with zero attached hydrogens (tertiary/aromatic N) is 2. The van der Waals surface area contributed by atoms with E-state index < -0.39 is 41.5 Å². The molecule has 0 saturated heterocycles. The Morgan fingerprint density at radius 3 is 2.47 bits per heavy atom. The predicted molar refractivity (Wildman–Crippen MR) is 113 cm³/mol. The normalized spacial score (nSPS) is 10.9. The first-order valence-electron chi connectivity index (χ1n) is 9.61. The van der Waals surface area contributed by atoms with Crippen molar-refractivity contribution in [2.24, 2.45) is 0 Å². The van der Waals surface area contributed by atoms with Gasteiger partial charge in [0.1, 0.15) is 5.82 Å². The number of rotatable bonds is 5. The smallest absolute Gasteiger partial charge is 0.251 e. The monoisotopic (exact) mass is 438 g/mol. The number of halogens is 3. The van der Waals surface area contributed by atoms with Gasteiger partial charge in [-0.2, -0.15) is 0 Å². The van der Waals surface area contributed by atoms with Gasteiger partial charge in [0.2, 0.25) is 5.91 Å². The Balaban J connectivity index is 1.46. The molecule has 0 spiro atoms. The molecule has 0 unspecified atom stereocenters. The number of hydrogen-bond acceptors (Lipinski definition) is 3. The van der Waals surface area contributed by atoms with Crippen molar-refractivity contribution >= 4 is 28.5 Å². The van der Waals surface area contributed by atoms with Gasteiger partial charge in [-0.05, 0) is 49.4 Å². The van der Waals surface area contributed by atoms with Crippen molar-refractivity contribution in [3.63, 3.8) is 0 Å². The Morgan fingerprint density at radius 2 is 1.72 bits per heavy atom. The number of nitrogens with one attached hydrogen (secondary N) is 2. The van der Waals surface area contributed by atoms with Crippen molar-refractivity contribution in [1.82, 2.24) is 14.9 Å². The number of amides is 2. The van der Waals surface area contributed by atoms with Gasteiger partial charge < -0.3 is 10.6 Å². The first-order valence-corrected chi connectivity index (χ1v) is 9.61. The van der Waals surface area contributed by atoms with E-state index in [1.165, 1.54) is 0 Å². The van der Waals surface area contributed by atoms with Crippen molar-refractivity contribution in [2.75, 3.05) is 11.9 Å². The van der Waals surface area contributed by atoms with E-state index >= 15 is 0 Å². The van der Waals surface area contributed by atoms with E-state index in [2.05, 4.69) is 15.6 Å². The van der Waals surface area contributed by atoms with E-state index in [-0.39, 0.29) is 5.56 Å². The summed E-state index contributed by atoms with van der Waals surface area (Å²) in [6.07, 6.45) is 0. The maximum absolute atomic E-state index is 13.7. The van der Waals surface area contributed by atoms with Crippen molar-refractivity contribution in [2.45, 2.75) is 6.92 Å². The number of fused-ring (bicyclic) bond motifs is 1. The molecule has 1 heterocycles. The molecule has 0 bridgehead atoms. The Kier molecular flexibility index (Phi) is 5.63. The molecule has 9 heteroatoms. The third kappa shape index (κ3) is 4.04. The third-order valence-electron chi connectivity index (χ3n) is 4.82. The molecular weight excluding hydrogens is 421 g/mol. The number of imidazole rings is 1. The minimum Gasteiger partial charge on any atom is -0.343 e. The second kappa shape index (κ2) is 8.54. The van der Waals surface area contributed by atoms with E-state index in [4.69, 9.17) is 0 Å². The highest BCUT2D eigenvalue weighted by Gasteiger charge is 2.17. The number of benzene rings is 3. The van der Waals surface area contributed by atoms with Crippen molar-refractivity contribution in [3.05, 3.63) is 89.5 Å². The van der Waals surface area contributed by atoms with Crippen LogP contribution in [-0.2, 0) is 4.79 Å². The number of carbonyl (C=O) groups is 2. The average molecular weight is 438 g/mol. The Labute approximate surface area is 180 Å². The number of para-hydroxylation sites is 1. The quantitative estimate of drug-likeness (QED) is 0.461. The molecule has 2 N–H and O–H groups in total. The molecule has 1 aromatic heterocycles. The lowest BCUT2D eigenvalue weighted by atomic mass is 10.2. The summed E-state index contributed by atoms with van der Waals surface area (Å²) in [6, 6.07) is 16.2. The molecule has 0 aliphatic rings. The van der Waals surface area contributed by atoms with Crippen LogP contribution in [0.2, 0.25) is 0 Å². The maximum atomic E-state index is 13.7. The summed E-state index contributed by atoms with van der Waals surface area (Å²) >= 11 is 0. The summed E-state index contributed by atoms with van der Waals surface area (Å²) in [6.45, 7) is 1.36. The average Bonchev–Trinajstić information content (AvgIpc) is 3.13. The maximum Gasteiger partial charge on any atom is 0.251 e. The van der Waals surface area contributed by atoms with Crippen LogP contribution in [0.5, 0.6) is 0 Å². The fourth-order valence-electron chi connectivity index (χ4n) is 3.32. The standard InChI is InChI=1S/C23H17F3N4O2/c1-13-28-18-11-14(7-10-19(18)30(13)15-5-3-2-4-6-15)23(32)27-12-20(31)29-17-9-8-16(24)21(25)22(17)26/h2-11H,12H2,1H3,(H,27,32)(H,29,31). The topological polar surface area (TPSA) is 76.0 Å². The lowest BCUT2D eigenvalue weighted by Crippen LogP contribution is -2.33. The summed E-state index contributed by atoms with van der Waals surface area (Å²) in [5.41, 5.74) is 2.11. The molecule has 2 amide bonds. The molecule has 162 valence electrons. The van der Waals surface area contributed by atoms with Gasteiger partial charge in [0.25, 0.3) is 5.91 Å². The highest BCUT2D eigenvalue weighted by Crippen LogP contribution is 2.22. The molecule has 3 aromatic carbocycles. The van der Waals surface area contributed by atoms with Crippen LogP contribution < -0.4 is 10.6 Å². The molecular formula is C23H17F3N4O2. The van der Waals surface area contributed by atoms with E-state index in [0.717, 1.165) is 23.1 Å². The Bertz CT molecular complexity index is 1340. The second-order valence-corrected chi connectivity index (χ2v) is 6.99. The summed E-state index contributed by atoms with van der Waals surface area (Å²) in [7, 11) is 0. The van der Waals surface area contributed by atoms with Gasteiger partial charge in [0, 0.05) is 11.3 Å². The number of aryl methyl sites for hydroxylation is 1. The van der Waals surface area contributed by atoms with Gasteiger partial charge in [-0.25, -0.2) is 18.2 Å².